The lowest BCUT2D eigenvalue weighted by Crippen LogP contribution is -1.94. The maximum atomic E-state index is 13.6. The number of anilines is 1. The summed E-state index contributed by atoms with van der Waals surface area (Å²) in [5, 5.41) is 0.340. The second kappa shape index (κ2) is 4.94. The van der Waals surface area contributed by atoms with Crippen LogP contribution in [0.4, 0.5) is 10.1 Å². The highest BCUT2D eigenvalue weighted by molar-refractivity contribution is 9.10. The van der Waals surface area contributed by atoms with E-state index in [1.807, 2.05) is 0 Å². The largest absolute Gasteiger partial charge is 0.451 e. The summed E-state index contributed by atoms with van der Waals surface area (Å²) in [4.78, 5) is 0. The summed E-state index contributed by atoms with van der Waals surface area (Å²) in [5.41, 5.74) is 6.07. The molecule has 2 aromatic carbocycles. The monoisotopic (exact) mass is 315 g/mol. The SMILES string of the molecule is Nc1cccc(Cl)c1Oc1ccc(Br)cc1F. The molecule has 0 radical (unpaired) electrons. The van der Waals surface area contributed by atoms with Crippen molar-refractivity contribution in [2.75, 3.05) is 5.73 Å². The van der Waals surface area contributed by atoms with E-state index in [0.29, 0.717) is 15.2 Å². The number of ether oxygens (including phenoxy) is 1. The molecule has 0 unspecified atom stereocenters. The van der Waals surface area contributed by atoms with Crippen LogP contribution < -0.4 is 10.5 Å². The molecule has 2 N–H and O–H groups in total. The van der Waals surface area contributed by atoms with E-state index in [4.69, 9.17) is 22.1 Å². The molecule has 0 fully saturated rings. The van der Waals surface area contributed by atoms with Gasteiger partial charge in [-0.25, -0.2) is 4.39 Å². The Kier molecular flexibility index (Phi) is 3.54. The number of hydrogen-bond acceptors (Lipinski definition) is 2. The highest BCUT2D eigenvalue weighted by Crippen LogP contribution is 2.36. The van der Waals surface area contributed by atoms with Crippen LogP contribution in [0.25, 0.3) is 0 Å². The zero-order chi connectivity index (χ0) is 12.4. The van der Waals surface area contributed by atoms with Crippen LogP contribution >= 0.6 is 27.5 Å². The summed E-state index contributed by atoms with van der Waals surface area (Å²) in [6.07, 6.45) is 0. The molecular formula is C12H8BrClFNO. The quantitative estimate of drug-likeness (QED) is 0.821. The van der Waals surface area contributed by atoms with Crippen LogP contribution in [0.1, 0.15) is 0 Å². The van der Waals surface area contributed by atoms with Gasteiger partial charge in [-0.3, -0.25) is 0 Å². The van der Waals surface area contributed by atoms with Crippen LogP contribution in [-0.4, -0.2) is 0 Å². The zero-order valence-corrected chi connectivity index (χ0v) is 10.9. The van der Waals surface area contributed by atoms with Gasteiger partial charge in [-0.1, -0.05) is 33.6 Å². The Morgan fingerprint density at radius 1 is 1.24 bits per heavy atom. The summed E-state index contributed by atoms with van der Waals surface area (Å²) >= 11 is 9.09. The van der Waals surface area contributed by atoms with Crippen molar-refractivity contribution in [2.24, 2.45) is 0 Å². The molecule has 2 nitrogen and oxygen atoms in total. The van der Waals surface area contributed by atoms with Crippen LogP contribution in [0.15, 0.2) is 40.9 Å². The van der Waals surface area contributed by atoms with Gasteiger partial charge in [0.2, 0.25) is 0 Å². The Hall–Kier alpha value is -1.26. The Morgan fingerprint density at radius 2 is 2.00 bits per heavy atom. The highest BCUT2D eigenvalue weighted by atomic mass is 79.9. The minimum atomic E-state index is -0.487. The molecular weight excluding hydrogens is 308 g/mol. The molecule has 0 spiro atoms. The number of halogens is 3. The number of nitrogens with two attached hydrogens (primary N) is 1. The van der Waals surface area contributed by atoms with Gasteiger partial charge in [0.25, 0.3) is 0 Å². The van der Waals surface area contributed by atoms with Gasteiger partial charge in [0.15, 0.2) is 17.3 Å². The lowest BCUT2D eigenvalue weighted by atomic mass is 10.3. The molecule has 0 saturated heterocycles. The predicted molar refractivity (Wildman–Crippen MR) is 70.0 cm³/mol. The topological polar surface area (TPSA) is 35.2 Å². The molecule has 2 aromatic rings. The predicted octanol–water partition coefficient (Wildman–Crippen LogP) is 4.62. The van der Waals surface area contributed by atoms with Crippen molar-refractivity contribution in [3.63, 3.8) is 0 Å². The Bertz CT molecular complexity index is 542. The van der Waals surface area contributed by atoms with Crippen molar-refractivity contribution < 1.29 is 9.13 Å². The molecule has 88 valence electrons. The third-order valence-electron chi connectivity index (χ3n) is 2.10. The molecule has 0 aliphatic carbocycles. The summed E-state index contributed by atoms with van der Waals surface area (Å²) in [6, 6.07) is 9.44. The van der Waals surface area contributed by atoms with Crippen molar-refractivity contribution in [1.29, 1.82) is 0 Å². The second-order valence-corrected chi connectivity index (χ2v) is 4.66. The van der Waals surface area contributed by atoms with Gasteiger partial charge in [-0.05, 0) is 30.3 Å². The number of rotatable bonds is 2. The molecule has 0 atom stereocenters. The molecule has 0 aromatic heterocycles. The van der Waals surface area contributed by atoms with E-state index in [9.17, 15) is 4.39 Å². The first-order chi connectivity index (χ1) is 8.08. The fourth-order valence-electron chi connectivity index (χ4n) is 1.30. The normalized spacial score (nSPS) is 10.3. The van der Waals surface area contributed by atoms with Gasteiger partial charge in [0.1, 0.15) is 0 Å². The summed E-state index contributed by atoms with van der Waals surface area (Å²) in [6.45, 7) is 0. The molecule has 0 aliphatic heterocycles. The lowest BCUT2D eigenvalue weighted by Gasteiger charge is -2.10. The Labute approximate surface area is 111 Å². The molecule has 0 aliphatic rings. The minimum Gasteiger partial charge on any atom is -0.451 e. The second-order valence-electron chi connectivity index (χ2n) is 3.33. The fraction of sp³-hybridized carbons (Fsp3) is 0. The first kappa shape index (κ1) is 12.2. The number of para-hydroxylation sites is 1. The van der Waals surface area contributed by atoms with Gasteiger partial charge >= 0.3 is 0 Å². The van der Waals surface area contributed by atoms with Gasteiger partial charge in [0, 0.05) is 4.47 Å². The summed E-state index contributed by atoms with van der Waals surface area (Å²) < 4.78 is 19.6. The number of hydrogen-bond donors (Lipinski definition) is 1. The van der Waals surface area contributed by atoms with Gasteiger partial charge in [-0.2, -0.15) is 0 Å². The van der Waals surface area contributed by atoms with E-state index in [-0.39, 0.29) is 11.5 Å². The van der Waals surface area contributed by atoms with Crippen LogP contribution in [0.5, 0.6) is 11.5 Å². The lowest BCUT2D eigenvalue weighted by molar-refractivity contribution is 0.444. The first-order valence-electron chi connectivity index (χ1n) is 4.75. The number of benzene rings is 2. The third-order valence-corrected chi connectivity index (χ3v) is 2.89. The zero-order valence-electron chi connectivity index (χ0n) is 8.58. The minimum absolute atomic E-state index is 0.0769. The van der Waals surface area contributed by atoms with Gasteiger partial charge in [-0.15, -0.1) is 0 Å². The summed E-state index contributed by atoms with van der Waals surface area (Å²) in [5.74, 6) is -0.151. The molecule has 0 bridgehead atoms. The molecule has 2 rings (SSSR count). The smallest absolute Gasteiger partial charge is 0.169 e. The van der Waals surface area contributed by atoms with E-state index in [2.05, 4.69) is 15.9 Å². The average molecular weight is 317 g/mol. The first-order valence-corrected chi connectivity index (χ1v) is 5.92. The van der Waals surface area contributed by atoms with Crippen molar-refractivity contribution in [2.45, 2.75) is 0 Å². The Balaban J connectivity index is 2.38. The van der Waals surface area contributed by atoms with Crippen LogP contribution in [0.2, 0.25) is 5.02 Å². The third kappa shape index (κ3) is 2.70. The molecule has 0 heterocycles. The average Bonchev–Trinajstić information content (AvgIpc) is 2.26. The van der Waals surface area contributed by atoms with Gasteiger partial charge in [0.05, 0.1) is 10.7 Å². The number of nitrogen functional groups attached to an aromatic ring is 1. The highest BCUT2D eigenvalue weighted by Gasteiger charge is 2.10. The fourth-order valence-corrected chi connectivity index (χ4v) is 1.85. The Morgan fingerprint density at radius 3 is 2.65 bits per heavy atom. The van der Waals surface area contributed by atoms with E-state index in [1.165, 1.54) is 12.1 Å². The van der Waals surface area contributed by atoms with E-state index in [0.717, 1.165) is 0 Å². The summed E-state index contributed by atoms with van der Waals surface area (Å²) in [7, 11) is 0. The van der Waals surface area contributed by atoms with Crippen LogP contribution in [0.3, 0.4) is 0 Å². The molecule has 17 heavy (non-hydrogen) atoms. The van der Waals surface area contributed by atoms with Crippen molar-refractivity contribution >= 4 is 33.2 Å². The van der Waals surface area contributed by atoms with Crippen LogP contribution in [-0.2, 0) is 0 Å². The molecule has 0 saturated carbocycles. The van der Waals surface area contributed by atoms with E-state index >= 15 is 0 Å². The van der Waals surface area contributed by atoms with Gasteiger partial charge < -0.3 is 10.5 Å². The van der Waals surface area contributed by atoms with Crippen molar-refractivity contribution in [3.8, 4) is 11.5 Å². The standard InChI is InChI=1S/C12H8BrClFNO/c13-7-4-5-11(9(15)6-7)17-12-8(14)2-1-3-10(12)16/h1-6H,16H2. The van der Waals surface area contributed by atoms with E-state index < -0.39 is 5.82 Å². The maximum absolute atomic E-state index is 13.6. The molecule has 0 amide bonds. The van der Waals surface area contributed by atoms with Crippen LogP contribution in [0, 0.1) is 5.82 Å². The van der Waals surface area contributed by atoms with E-state index in [1.54, 1.807) is 24.3 Å². The maximum Gasteiger partial charge on any atom is 0.169 e. The molecule has 5 heteroatoms. The van der Waals surface area contributed by atoms with Crippen molar-refractivity contribution in [1.82, 2.24) is 0 Å². The van der Waals surface area contributed by atoms with Crippen molar-refractivity contribution in [3.05, 3.63) is 51.7 Å².